The minimum absolute atomic E-state index is 0.101. The van der Waals surface area contributed by atoms with E-state index in [0.717, 1.165) is 38.0 Å². The van der Waals surface area contributed by atoms with Gasteiger partial charge in [0.25, 0.3) is 5.91 Å². The second-order valence-electron chi connectivity index (χ2n) is 5.76. The Hall–Kier alpha value is -1.01. The lowest BCUT2D eigenvalue weighted by Crippen LogP contribution is -2.46. The molecule has 20 heavy (non-hydrogen) atoms. The number of hydrogen-bond acceptors (Lipinski definition) is 5. The van der Waals surface area contributed by atoms with Gasteiger partial charge in [-0.2, -0.15) is 0 Å². The number of aromatic nitrogens is 1. The molecule has 0 bridgehead atoms. The van der Waals surface area contributed by atoms with Crippen molar-refractivity contribution < 1.29 is 9.32 Å². The summed E-state index contributed by atoms with van der Waals surface area (Å²) in [6.07, 6.45) is 6.39. The maximum absolute atomic E-state index is 12.2. The van der Waals surface area contributed by atoms with Crippen LogP contribution in [0.25, 0.3) is 0 Å². The van der Waals surface area contributed by atoms with E-state index in [1.165, 1.54) is 0 Å². The fourth-order valence-electron chi connectivity index (χ4n) is 2.77. The predicted molar refractivity (Wildman–Crippen MR) is 78.6 cm³/mol. The lowest BCUT2D eigenvalue weighted by Gasteiger charge is -2.36. The Morgan fingerprint density at radius 2 is 2.30 bits per heavy atom. The van der Waals surface area contributed by atoms with Crippen LogP contribution in [0.3, 0.4) is 0 Å². The van der Waals surface area contributed by atoms with Gasteiger partial charge in [0, 0.05) is 30.6 Å². The zero-order valence-corrected chi connectivity index (χ0v) is 12.8. The largest absolute Gasteiger partial charge is 0.360 e. The fraction of sp³-hybridized carbons (Fsp3) is 0.714. The molecule has 1 aromatic heterocycles. The smallest absolute Gasteiger partial charge is 0.273 e. The summed E-state index contributed by atoms with van der Waals surface area (Å²) in [7, 11) is 0. The van der Waals surface area contributed by atoms with Crippen molar-refractivity contribution in [1.82, 2.24) is 14.8 Å². The quantitative estimate of drug-likeness (QED) is 0.864. The lowest BCUT2D eigenvalue weighted by atomic mass is 10.0. The average molecular weight is 295 g/mol. The van der Waals surface area contributed by atoms with Gasteiger partial charge in [0.15, 0.2) is 5.69 Å². The molecular formula is C14H21N3O2S. The number of amides is 1. The van der Waals surface area contributed by atoms with Crippen LogP contribution < -0.4 is 5.32 Å². The van der Waals surface area contributed by atoms with Crippen molar-refractivity contribution in [3.8, 4) is 0 Å². The molecule has 2 heterocycles. The van der Waals surface area contributed by atoms with Crippen LogP contribution in [0.1, 0.15) is 54.8 Å². The van der Waals surface area contributed by atoms with E-state index in [1.807, 2.05) is 0 Å². The number of carbonyl (C=O) groups is 1. The van der Waals surface area contributed by atoms with Crippen LogP contribution in [0, 0.1) is 0 Å². The third-order valence-corrected chi connectivity index (χ3v) is 5.14. The number of nitrogens with zero attached hydrogens (tertiary/aromatic N) is 2. The van der Waals surface area contributed by atoms with Crippen LogP contribution in [0.4, 0.5) is 0 Å². The van der Waals surface area contributed by atoms with Crippen molar-refractivity contribution in [1.29, 1.82) is 0 Å². The molecule has 1 aliphatic heterocycles. The Labute approximate surface area is 123 Å². The first-order valence-electron chi connectivity index (χ1n) is 7.25. The van der Waals surface area contributed by atoms with E-state index in [-0.39, 0.29) is 11.9 Å². The van der Waals surface area contributed by atoms with Gasteiger partial charge >= 0.3 is 0 Å². The molecule has 1 saturated heterocycles. The molecule has 2 fully saturated rings. The monoisotopic (exact) mass is 295 g/mol. The third-order valence-electron chi connectivity index (χ3n) is 4.13. The highest BCUT2D eigenvalue weighted by atomic mass is 32.2. The van der Waals surface area contributed by atoms with Crippen LogP contribution in [0.5, 0.6) is 0 Å². The zero-order valence-electron chi connectivity index (χ0n) is 12.0. The molecule has 3 rings (SSSR count). The van der Waals surface area contributed by atoms with Gasteiger partial charge in [-0.1, -0.05) is 17.1 Å². The molecule has 2 aliphatic rings. The molecule has 0 spiro atoms. The minimum Gasteiger partial charge on any atom is -0.360 e. The minimum atomic E-state index is -0.101. The van der Waals surface area contributed by atoms with E-state index in [1.54, 1.807) is 18.0 Å². The van der Waals surface area contributed by atoms with E-state index in [2.05, 4.69) is 28.0 Å². The number of piperidine rings is 1. The molecule has 1 aliphatic carbocycles. The predicted octanol–water partition coefficient (Wildman–Crippen LogP) is 2.41. The number of hydrogen-bond donors (Lipinski definition) is 1. The number of carbonyl (C=O) groups excluding carboxylic acids is 1. The summed E-state index contributed by atoms with van der Waals surface area (Å²) in [5.41, 5.74) is 0.423. The second kappa shape index (κ2) is 5.77. The van der Waals surface area contributed by atoms with Crippen LogP contribution >= 0.6 is 11.9 Å². The number of rotatable bonds is 4. The van der Waals surface area contributed by atoms with Gasteiger partial charge in [0.05, 0.1) is 0 Å². The molecule has 2 atom stereocenters. The topological polar surface area (TPSA) is 58.4 Å². The summed E-state index contributed by atoms with van der Waals surface area (Å²) in [6, 6.07) is 2.53. The molecule has 110 valence electrons. The molecular weight excluding hydrogens is 274 g/mol. The highest BCUT2D eigenvalue weighted by Gasteiger charge is 2.30. The first-order chi connectivity index (χ1) is 9.67. The van der Waals surface area contributed by atoms with Gasteiger partial charge in [-0.3, -0.25) is 4.79 Å². The fourth-order valence-corrected chi connectivity index (χ4v) is 3.50. The summed E-state index contributed by atoms with van der Waals surface area (Å²) >= 11 is 1.78. The molecule has 1 N–H and O–H groups in total. The molecule has 1 aromatic rings. The number of nitrogens with one attached hydrogen (secondary N) is 1. The van der Waals surface area contributed by atoms with E-state index in [0.29, 0.717) is 17.7 Å². The first kappa shape index (κ1) is 13.9. The van der Waals surface area contributed by atoms with Gasteiger partial charge in [-0.15, -0.1) is 0 Å². The van der Waals surface area contributed by atoms with Crippen molar-refractivity contribution in [3.63, 3.8) is 0 Å². The van der Waals surface area contributed by atoms with E-state index in [9.17, 15) is 4.79 Å². The molecule has 0 aromatic carbocycles. The Morgan fingerprint density at radius 1 is 1.50 bits per heavy atom. The van der Waals surface area contributed by atoms with Gasteiger partial charge in [0.2, 0.25) is 0 Å². The van der Waals surface area contributed by atoms with Gasteiger partial charge in [0.1, 0.15) is 5.76 Å². The van der Waals surface area contributed by atoms with Crippen LogP contribution in [-0.2, 0) is 0 Å². The highest BCUT2D eigenvalue weighted by molar-refractivity contribution is 7.96. The van der Waals surface area contributed by atoms with Crippen LogP contribution in [0.15, 0.2) is 10.6 Å². The van der Waals surface area contributed by atoms with Crippen molar-refractivity contribution in [2.45, 2.75) is 50.6 Å². The maximum atomic E-state index is 12.2. The van der Waals surface area contributed by atoms with Crippen LogP contribution in [0.2, 0.25) is 0 Å². The molecule has 0 radical (unpaired) electrons. The first-order valence-corrected chi connectivity index (χ1v) is 8.43. The summed E-state index contributed by atoms with van der Waals surface area (Å²) in [4.78, 5) is 12.2. The van der Waals surface area contributed by atoms with Crippen molar-refractivity contribution >= 4 is 17.9 Å². The summed E-state index contributed by atoms with van der Waals surface area (Å²) < 4.78 is 7.60. The van der Waals surface area contributed by atoms with Crippen LogP contribution in [-0.4, -0.2) is 40.3 Å². The second-order valence-corrected chi connectivity index (χ2v) is 6.59. The Bertz CT molecular complexity index is 487. The molecule has 5 nitrogen and oxygen atoms in total. The molecule has 2 unspecified atom stereocenters. The Balaban J connectivity index is 1.55. The Kier molecular flexibility index (Phi) is 4.03. The molecule has 6 heteroatoms. The maximum Gasteiger partial charge on any atom is 0.273 e. The highest BCUT2D eigenvalue weighted by Crippen LogP contribution is 2.40. The zero-order chi connectivity index (χ0) is 14.1. The normalized spacial score (nSPS) is 27.5. The third kappa shape index (κ3) is 3.01. The Morgan fingerprint density at radius 3 is 2.95 bits per heavy atom. The summed E-state index contributed by atoms with van der Waals surface area (Å²) in [6.45, 7) is 3.22. The van der Waals surface area contributed by atoms with Gasteiger partial charge in [-0.05, 0) is 38.9 Å². The van der Waals surface area contributed by atoms with Gasteiger partial charge in [-0.25, -0.2) is 4.31 Å². The molecule has 1 saturated carbocycles. The van der Waals surface area contributed by atoms with Crippen molar-refractivity contribution in [3.05, 3.63) is 17.5 Å². The van der Waals surface area contributed by atoms with Crippen molar-refractivity contribution in [2.24, 2.45) is 0 Å². The molecule has 1 amide bonds. The lowest BCUT2D eigenvalue weighted by molar-refractivity contribution is 0.0907. The van der Waals surface area contributed by atoms with Crippen molar-refractivity contribution in [2.75, 3.05) is 12.8 Å². The van der Waals surface area contributed by atoms with E-state index < -0.39 is 0 Å². The van der Waals surface area contributed by atoms with E-state index >= 15 is 0 Å². The van der Waals surface area contributed by atoms with E-state index in [4.69, 9.17) is 4.52 Å². The van der Waals surface area contributed by atoms with Gasteiger partial charge < -0.3 is 9.84 Å². The average Bonchev–Trinajstić information content (AvgIpc) is 3.16. The SMILES string of the molecule is CSN1CCC(NC(=O)c2cc(C3CC3)on2)CC1C. The summed E-state index contributed by atoms with van der Waals surface area (Å²) in [5.74, 6) is 1.25. The summed E-state index contributed by atoms with van der Waals surface area (Å²) in [5, 5.41) is 6.98. The standard InChI is InChI=1S/C14H21N3O2S/c1-9-7-11(5-6-17(9)20-2)15-14(18)12-8-13(19-16-12)10-3-4-10/h8-11H,3-7H2,1-2H3,(H,15,18).